The largest absolute Gasteiger partial charge is 0.412 e. The van der Waals surface area contributed by atoms with Crippen molar-refractivity contribution in [2.75, 3.05) is 0 Å². The average Bonchev–Trinajstić information content (AvgIpc) is 2.92. The first kappa shape index (κ1) is 19.7. The lowest BCUT2D eigenvalue weighted by Gasteiger charge is -2.36. The van der Waals surface area contributed by atoms with Crippen molar-refractivity contribution in [3.63, 3.8) is 0 Å². The molecule has 2 aromatic heterocycles. The second-order valence-electron chi connectivity index (χ2n) is 8.50. The number of aryl methyl sites for hydroxylation is 1. The Morgan fingerprint density at radius 3 is 2.44 bits per heavy atom. The number of hydrogen-bond acceptors (Lipinski definition) is 2. The summed E-state index contributed by atoms with van der Waals surface area (Å²) in [6, 6.07) is 6.42. The molecule has 3 rings (SSSR count). The summed E-state index contributed by atoms with van der Waals surface area (Å²) in [4.78, 5) is 4.38. The molecular formula is C21H26F2N2OSi. The van der Waals surface area contributed by atoms with E-state index in [1.807, 2.05) is 29.8 Å². The van der Waals surface area contributed by atoms with E-state index in [2.05, 4.69) is 38.8 Å². The lowest BCUT2D eigenvalue weighted by molar-refractivity contribution is 0.265. The molecule has 0 spiro atoms. The first-order valence-corrected chi connectivity index (χ1v) is 12.0. The van der Waals surface area contributed by atoms with Gasteiger partial charge in [0.15, 0.2) is 8.32 Å². The summed E-state index contributed by atoms with van der Waals surface area (Å²) in [6.45, 7) is 12.3. The normalized spacial score (nSPS) is 12.7. The van der Waals surface area contributed by atoms with Crippen molar-refractivity contribution in [1.29, 1.82) is 0 Å². The van der Waals surface area contributed by atoms with E-state index in [1.54, 1.807) is 6.07 Å². The van der Waals surface area contributed by atoms with Crippen LogP contribution < -0.4 is 0 Å². The Hall–Kier alpha value is -2.05. The lowest BCUT2D eigenvalue weighted by Crippen LogP contribution is -2.40. The molecule has 0 unspecified atom stereocenters. The molecule has 0 bridgehead atoms. The zero-order chi connectivity index (χ0) is 20.0. The van der Waals surface area contributed by atoms with Crippen LogP contribution in [0.4, 0.5) is 8.78 Å². The molecule has 3 aromatic rings. The van der Waals surface area contributed by atoms with Gasteiger partial charge in [-0.25, -0.2) is 13.8 Å². The van der Waals surface area contributed by atoms with Crippen molar-refractivity contribution in [2.45, 2.75) is 52.4 Å². The number of fused-ring (bicyclic) bond motifs is 1. The number of nitrogens with zero attached hydrogens (tertiary/aromatic N) is 2. The molecule has 6 heteroatoms. The number of aromatic nitrogens is 2. The first-order valence-electron chi connectivity index (χ1n) is 9.06. The highest BCUT2D eigenvalue weighted by atomic mass is 28.4. The molecule has 0 amide bonds. The van der Waals surface area contributed by atoms with Crippen LogP contribution in [0.15, 0.2) is 36.7 Å². The number of benzene rings is 1. The minimum Gasteiger partial charge on any atom is -0.412 e. The van der Waals surface area contributed by atoms with Crippen molar-refractivity contribution in [3.8, 4) is 11.1 Å². The quantitative estimate of drug-likeness (QED) is 0.504. The SMILES string of the molecule is Cc1cn2cc(-c3ccc(F)c(CO[Si](C)(C)C(C)(C)C)c3F)ccc2n1. The van der Waals surface area contributed by atoms with Crippen LogP contribution in [0.1, 0.15) is 32.0 Å². The van der Waals surface area contributed by atoms with Gasteiger partial charge in [-0.05, 0) is 49.3 Å². The number of hydrogen-bond donors (Lipinski definition) is 0. The summed E-state index contributed by atoms with van der Waals surface area (Å²) in [5.41, 5.74) is 2.69. The van der Waals surface area contributed by atoms with Crippen molar-refractivity contribution in [1.82, 2.24) is 9.38 Å². The van der Waals surface area contributed by atoms with Gasteiger partial charge in [0.25, 0.3) is 0 Å². The highest BCUT2D eigenvalue weighted by Gasteiger charge is 2.37. The van der Waals surface area contributed by atoms with E-state index in [4.69, 9.17) is 4.43 Å². The van der Waals surface area contributed by atoms with Crippen LogP contribution in [0.2, 0.25) is 18.1 Å². The summed E-state index contributed by atoms with van der Waals surface area (Å²) < 4.78 is 37.4. The summed E-state index contributed by atoms with van der Waals surface area (Å²) in [6.07, 6.45) is 3.69. The van der Waals surface area contributed by atoms with Crippen molar-refractivity contribution < 1.29 is 13.2 Å². The second kappa shape index (κ2) is 6.84. The van der Waals surface area contributed by atoms with E-state index in [0.29, 0.717) is 11.1 Å². The Bertz CT molecular complexity index is 990. The van der Waals surface area contributed by atoms with Crippen molar-refractivity contribution >= 4 is 14.0 Å². The predicted octanol–water partition coefficient (Wildman–Crippen LogP) is 6.11. The molecule has 0 aliphatic heterocycles. The Labute approximate surface area is 160 Å². The van der Waals surface area contributed by atoms with E-state index in [-0.39, 0.29) is 17.2 Å². The Morgan fingerprint density at radius 2 is 1.78 bits per heavy atom. The average molecular weight is 389 g/mol. The Balaban J connectivity index is 1.97. The lowest BCUT2D eigenvalue weighted by atomic mass is 10.0. The number of imidazole rings is 1. The second-order valence-corrected chi connectivity index (χ2v) is 13.3. The maximum Gasteiger partial charge on any atom is 0.192 e. The van der Waals surface area contributed by atoms with Gasteiger partial charge in [0, 0.05) is 29.1 Å². The third kappa shape index (κ3) is 3.82. The smallest absolute Gasteiger partial charge is 0.192 e. The highest BCUT2D eigenvalue weighted by molar-refractivity contribution is 6.74. The van der Waals surface area contributed by atoms with Gasteiger partial charge < -0.3 is 8.83 Å². The van der Waals surface area contributed by atoms with Gasteiger partial charge in [0.2, 0.25) is 0 Å². The Morgan fingerprint density at radius 1 is 1.07 bits per heavy atom. The Kier molecular flexibility index (Phi) is 4.99. The molecule has 0 aliphatic rings. The molecule has 144 valence electrons. The third-order valence-electron chi connectivity index (χ3n) is 5.45. The van der Waals surface area contributed by atoms with Crippen molar-refractivity contribution in [2.24, 2.45) is 0 Å². The molecule has 0 saturated carbocycles. The van der Waals surface area contributed by atoms with E-state index < -0.39 is 20.0 Å². The van der Waals surface area contributed by atoms with E-state index in [1.165, 1.54) is 12.1 Å². The van der Waals surface area contributed by atoms with Gasteiger partial charge in [-0.2, -0.15) is 0 Å². The maximum atomic E-state index is 15.2. The van der Waals surface area contributed by atoms with Gasteiger partial charge in [-0.3, -0.25) is 0 Å². The fourth-order valence-electron chi connectivity index (χ4n) is 2.70. The standard InChI is InChI=1S/C21H26F2N2OSi/c1-14-11-25-12-15(7-10-19(25)24-14)16-8-9-18(22)17(20(16)23)13-26-27(5,6)21(2,3)4/h7-12H,13H2,1-6H3. The monoisotopic (exact) mass is 388 g/mol. The van der Waals surface area contributed by atoms with Gasteiger partial charge in [-0.15, -0.1) is 0 Å². The maximum absolute atomic E-state index is 15.2. The fourth-order valence-corrected chi connectivity index (χ4v) is 3.64. The molecule has 0 atom stereocenters. The summed E-state index contributed by atoms with van der Waals surface area (Å²) in [5.74, 6) is -1.14. The molecule has 3 nitrogen and oxygen atoms in total. The predicted molar refractivity (Wildman–Crippen MR) is 107 cm³/mol. The van der Waals surface area contributed by atoms with E-state index >= 15 is 4.39 Å². The van der Waals surface area contributed by atoms with E-state index in [9.17, 15) is 4.39 Å². The fraction of sp³-hybridized carbons (Fsp3) is 0.381. The number of halogens is 2. The summed E-state index contributed by atoms with van der Waals surface area (Å²) in [5, 5.41) is -0.0259. The van der Waals surface area contributed by atoms with Crippen LogP contribution >= 0.6 is 0 Å². The van der Waals surface area contributed by atoms with Gasteiger partial charge in [0.05, 0.1) is 12.3 Å². The zero-order valence-electron chi connectivity index (χ0n) is 16.7. The van der Waals surface area contributed by atoms with Crippen molar-refractivity contribution in [3.05, 3.63) is 59.6 Å². The first-order chi connectivity index (χ1) is 12.5. The third-order valence-corrected chi connectivity index (χ3v) is 9.93. The molecule has 0 aliphatic carbocycles. The molecular weight excluding hydrogens is 362 g/mol. The van der Waals surface area contributed by atoms with Crippen LogP contribution in [0.25, 0.3) is 16.8 Å². The molecule has 2 heterocycles. The van der Waals surface area contributed by atoms with Crippen LogP contribution in [0, 0.1) is 18.6 Å². The number of rotatable bonds is 4. The van der Waals surface area contributed by atoms with Gasteiger partial charge in [-0.1, -0.05) is 20.8 Å². The summed E-state index contributed by atoms with van der Waals surface area (Å²) >= 11 is 0. The number of pyridine rings is 1. The van der Waals surface area contributed by atoms with Crippen LogP contribution in [-0.2, 0) is 11.0 Å². The summed E-state index contributed by atoms with van der Waals surface area (Å²) in [7, 11) is -2.11. The molecule has 0 N–H and O–H groups in total. The topological polar surface area (TPSA) is 26.5 Å². The van der Waals surface area contributed by atoms with E-state index in [0.717, 1.165) is 11.3 Å². The zero-order valence-corrected chi connectivity index (χ0v) is 17.7. The molecule has 27 heavy (non-hydrogen) atoms. The molecule has 0 saturated heterocycles. The molecule has 1 aromatic carbocycles. The minimum atomic E-state index is -2.11. The van der Waals surface area contributed by atoms with Crippen LogP contribution in [-0.4, -0.2) is 17.7 Å². The minimum absolute atomic E-state index is 0.0146. The van der Waals surface area contributed by atoms with Crippen LogP contribution in [0.3, 0.4) is 0 Å². The van der Waals surface area contributed by atoms with Gasteiger partial charge >= 0.3 is 0 Å². The van der Waals surface area contributed by atoms with Gasteiger partial charge in [0.1, 0.15) is 17.3 Å². The van der Waals surface area contributed by atoms with Crippen LogP contribution in [0.5, 0.6) is 0 Å². The molecule has 0 fully saturated rings. The molecule has 0 radical (unpaired) electrons. The highest BCUT2D eigenvalue weighted by Crippen LogP contribution is 2.37.